The smallest absolute Gasteiger partial charge is 0.0104 e. The Balaban J connectivity index is 1.77. The summed E-state index contributed by atoms with van der Waals surface area (Å²) in [5, 5.41) is 3.57. The Kier molecular flexibility index (Phi) is 5.97. The molecular weight excluding hydrogens is 220 g/mol. The lowest BCUT2D eigenvalue weighted by atomic mass is 9.94. The topological polar surface area (TPSA) is 15.3 Å². The van der Waals surface area contributed by atoms with Crippen molar-refractivity contribution in [1.82, 2.24) is 10.2 Å². The molecule has 2 aliphatic rings. The SMILES string of the molecule is CNC1CCCCCC1CN(C)CC1CCCC1. The maximum atomic E-state index is 3.57. The van der Waals surface area contributed by atoms with Crippen molar-refractivity contribution in [3.05, 3.63) is 0 Å². The van der Waals surface area contributed by atoms with Crippen molar-refractivity contribution in [3.63, 3.8) is 0 Å². The zero-order valence-corrected chi connectivity index (χ0v) is 12.5. The molecule has 0 amide bonds. The van der Waals surface area contributed by atoms with Crippen molar-refractivity contribution in [2.75, 3.05) is 27.2 Å². The molecular formula is C16H32N2. The van der Waals surface area contributed by atoms with Crippen LogP contribution in [0, 0.1) is 11.8 Å². The summed E-state index contributed by atoms with van der Waals surface area (Å²) in [4.78, 5) is 2.62. The Bertz CT molecular complexity index is 223. The highest BCUT2D eigenvalue weighted by Crippen LogP contribution is 2.27. The maximum absolute atomic E-state index is 3.57. The molecule has 2 nitrogen and oxygen atoms in total. The van der Waals surface area contributed by atoms with E-state index in [0.717, 1.165) is 17.9 Å². The van der Waals surface area contributed by atoms with Crippen LogP contribution in [0.2, 0.25) is 0 Å². The molecule has 0 radical (unpaired) electrons. The lowest BCUT2D eigenvalue weighted by Crippen LogP contribution is -2.40. The van der Waals surface area contributed by atoms with Crippen LogP contribution in [-0.2, 0) is 0 Å². The van der Waals surface area contributed by atoms with Gasteiger partial charge in [0.1, 0.15) is 0 Å². The molecule has 2 fully saturated rings. The van der Waals surface area contributed by atoms with Crippen molar-refractivity contribution in [2.45, 2.75) is 63.8 Å². The second-order valence-electron chi connectivity index (χ2n) is 6.66. The summed E-state index contributed by atoms with van der Waals surface area (Å²) in [6.45, 7) is 2.65. The molecule has 0 spiro atoms. The normalized spacial score (nSPS) is 30.8. The lowest BCUT2D eigenvalue weighted by molar-refractivity contribution is 0.205. The molecule has 0 aromatic rings. The van der Waals surface area contributed by atoms with Gasteiger partial charge in [-0.25, -0.2) is 0 Å². The van der Waals surface area contributed by atoms with Crippen molar-refractivity contribution in [2.24, 2.45) is 11.8 Å². The van der Waals surface area contributed by atoms with Crippen LogP contribution in [0.5, 0.6) is 0 Å². The van der Waals surface area contributed by atoms with E-state index in [9.17, 15) is 0 Å². The van der Waals surface area contributed by atoms with E-state index in [1.165, 1.54) is 70.9 Å². The van der Waals surface area contributed by atoms with E-state index in [1.807, 2.05) is 0 Å². The van der Waals surface area contributed by atoms with Crippen molar-refractivity contribution in [1.29, 1.82) is 0 Å². The quantitative estimate of drug-likeness (QED) is 0.755. The molecule has 0 heterocycles. The second-order valence-corrected chi connectivity index (χ2v) is 6.66. The van der Waals surface area contributed by atoms with E-state index >= 15 is 0 Å². The van der Waals surface area contributed by atoms with Crippen LogP contribution in [0.3, 0.4) is 0 Å². The van der Waals surface area contributed by atoms with Gasteiger partial charge in [0, 0.05) is 19.1 Å². The second kappa shape index (κ2) is 7.49. The minimum absolute atomic E-state index is 0.763. The van der Waals surface area contributed by atoms with Crippen LogP contribution in [0.15, 0.2) is 0 Å². The van der Waals surface area contributed by atoms with E-state index < -0.39 is 0 Å². The van der Waals surface area contributed by atoms with Crippen molar-refractivity contribution in [3.8, 4) is 0 Å². The highest BCUT2D eigenvalue weighted by molar-refractivity contribution is 4.81. The van der Waals surface area contributed by atoms with Gasteiger partial charge in [-0.15, -0.1) is 0 Å². The number of rotatable bonds is 5. The first-order valence-electron chi connectivity index (χ1n) is 8.15. The first-order chi connectivity index (χ1) is 8.79. The fourth-order valence-electron chi connectivity index (χ4n) is 4.09. The van der Waals surface area contributed by atoms with Gasteiger partial charge in [-0.1, -0.05) is 32.1 Å². The van der Waals surface area contributed by atoms with E-state index in [1.54, 1.807) is 0 Å². The molecule has 2 saturated carbocycles. The first-order valence-corrected chi connectivity index (χ1v) is 8.15. The molecule has 0 aromatic heterocycles. The molecule has 2 aliphatic carbocycles. The van der Waals surface area contributed by atoms with Crippen LogP contribution in [-0.4, -0.2) is 38.1 Å². The van der Waals surface area contributed by atoms with E-state index in [0.29, 0.717) is 0 Å². The maximum Gasteiger partial charge on any atom is 0.0104 e. The number of nitrogens with zero attached hydrogens (tertiary/aromatic N) is 1. The zero-order chi connectivity index (χ0) is 12.8. The molecule has 0 aliphatic heterocycles. The van der Waals surface area contributed by atoms with Gasteiger partial charge < -0.3 is 10.2 Å². The number of hydrogen-bond donors (Lipinski definition) is 1. The van der Waals surface area contributed by atoms with Gasteiger partial charge in [0.05, 0.1) is 0 Å². The molecule has 1 N–H and O–H groups in total. The molecule has 0 bridgehead atoms. The van der Waals surface area contributed by atoms with Gasteiger partial charge in [0.25, 0.3) is 0 Å². The summed E-state index contributed by atoms with van der Waals surface area (Å²) >= 11 is 0. The van der Waals surface area contributed by atoms with Crippen LogP contribution in [0.25, 0.3) is 0 Å². The van der Waals surface area contributed by atoms with E-state index in [4.69, 9.17) is 0 Å². The third kappa shape index (κ3) is 4.24. The average Bonchev–Trinajstić information content (AvgIpc) is 2.75. The predicted molar refractivity (Wildman–Crippen MR) is 78.9 cm³/mol. The molecule has 2 unspecified atom stereocenters. The van der Waals surface area contributed by atoms with Crippen LogP contribution < -0.4 is 5.32 Å². The highest BCUT2D eigenvalue weighted by Gasteiger charge is 2.24. The van der Waals surface area contributed by atoms with Crippen LogP contribution >= 0.6 is 0 Å². The number of nitrogens with one attached hydrogen (secondary N) is 1. The molecule has 2 atom stereocenters. The molecule has 2 heteroatoms. The van der Waals surface area contributed by atoms with Gasteiger partial charge in [-0.05, 0) is 51.6 Å². The number of hydrogen-bond acceptors (Lipinski definition) is 2. The predicted octanol–water partition coefficient (Wildman–Crippen LogP) is 3.28. The standard InChI is InChI=1S/C16H32N2/c1-17-16-11-5-3-4-10-15(16)13-18(2)12-14-8-6-7-9-14/h14-17H,3-13H2,1-2H3. The highest BCUT2D eigenvalue weighted by atomic mass is 15.1. The fourth-order valence-corrected chi connectivity index (χ4v) is 4.09. The first kappa shape index (κ1) is 14.3. The molecule has 18 heavy (non-hydrogen) atoms. The summed E-state index contributed by atoms with van der Waals surface area (Å²) in [7, 11) is 4.50. The Morgan fingerprint density at radius 1 is 0.889 bits per heavy atom. The van der Waals surface area contributed by atoms with E-state index in [2.05, 4.69) is 24.3 Å². The van der Waals surface area contributed by atoms with Gasteiger partial charge in [0.2, 0.25) is 0 Å². The van der Waals surface area contributed by atoms with Gasteiger partial charge in [0.15, 0.2) is 0 Å². The Morgan fingerprint density at radius 3 is 2.28 bits per heavy atom. The van der Waals surface area contributed by atoms with Crippen molar-refractivity contribution >= 4 is 0 Å². The summed E-state index contributed by atoms with van der Waals surface area (Å²) < 4.78 is 0. The zero-order valence-electron chi connectivity index (χ0n) is 12.5. The minimum atomic E-state index is 0.763. The average molecular weight is 252 g/mol. The lowest BCUT2D eigenvalue weighted by Gasteiger charge is -2.30. The van der Waals surface area contributed by atoms with Gasteiger partial charge in [-0.3, -0.25) is 0 Å². The largest absolute Gasteiger partial charge is 0.317 e. The fraction of sp³-hybridized carbons (Fsp3) is 1.00. The Morgan fingerprint density at radius 2 is 1.56 bits per heavy atom. The Labute approximate surface area is 114 Å². The summed E-state index contributed by atoms with van der Waals surface area (Å²) in [5.41, 5.74) is 0. The van der Waals surface area contributed by atoms with Crippen molar-refractivity contribution < 1.29 is 0 Å². The Hall–Kier alpha value is -0.0800. The molecule has 106 valence electrons. The molecule has 0 saturated heterocycles. The molecule has 2 rings (SSSR count). The minimum Gasteiger partial charge on any atom is -0.317 e. The third-order valence-corrected chi connectivity index (χ3v) is 5.12. The van der Waals surface area contributed by atoms with Crippen LogP contribution in [0.4, 0.5) is 0 Å². The summed E-state index contributed by atoms with van der Waals surface area (Å²) in [5.74, 6) is 1.87. The monoisotopic (exact) mass is 252 g/mol. The summed E-state index contributed by atoms with van der Waals surface area (Å²) in [6, 6.07) is 0.763. The van der Waals surface area contributed by atoms with Gasteiger partial charge in [-0.2, -0.15) is 0 Å². The van der Waals surface area contributed by atoms with Gasteiger partial charge >= 0.3 is 0 Å². The third-order valence-electron chi connectivity index (χ3n) is 5.12. The molecule has 0 aromatic carbocycles. The van der Waals surface area contributed by atoms with E-state index in [-0.39, 0.29) is 0 Å². The van der Waals surface area contributed by atoms with Crippen LogP contribution in [0.1, 0.15) is 57.8 Å². The summed E-state index contributed by atoms with van der Waals surface area (Å²) in [6.07, 6.45) is 13.0.